The lowest BCUT2D eigenvalue weighted by atomic mass is 9.98. The van der Waals surface area contributed by atoms with Crippen LogP contribution in [0, 0.1) is 0 Å². The maximum Gasteiger partial charge on any atom is 0.239 e. The van der Waals surface area contributed by atoms with Crippen LogP contribution >= 0.6 is 0 Å². The Labute approximate surface area is 90.0 Å². The zero-order chi connectivity index (χ0) is 11.6. The molecular formula is C10H19N3O2. The van der Waals surface area contributed by atoms with Crippen molar-refractivity contribution in [3.63, 3.8) is 0 Å². The summed E-state index contributed by atoms with van der Waals surface area (Å²) in [5.74, 6) is -0.265. The van der Waals surface area contributed by atoms with Gasteiger partial charge < -0.3 is 16.0 Å². The number of nitrogens with two attached hydrogens (primary N) is 1. The van der Waals surface area contributed by atoms with Gasteiger partial charge in [0, 0.05) is 25.6 Å². The highest BCUT2D eigenvalue weighted by Gasteiger charge is 2.33. The highest BCUT2D eigenvalue weighted by Crippen LogP contribution is 2.15. The molecule has 1 aliphatic rings. The van der Waals surface area contributed by atoms with Crippen molar-refractivity contribution in [1.29, 1.82) is 0 Å². The molecule has 1 aliphatic heterocycles. The topological polar surface area (TPSA) is 75.4 Å². The van der Waals surface area contributed by atoms with Crippen LogP contribution in [0.25, 0.3) is 0 Å². The molecule has 2 amide bonds. The van der Waals surface area contributed by atoms with Crippen molar-refractivity contribution >= 4 is 11.8 Å². The summed E-state index contributed by atoms with van der Waals surface area (Å²) >= 11 is 0. The average Bonchev–Trinajstić information content (AvgIpc) is 2.33. The van der Waals surface area contributed by atoms with Gasteiger partial charge >= 0.3 is 0 Å². The lowest BCUT2D eigenvalue weighted by Crippen LogP contribution is -2.50. The van der Waals surface area contributed by atoms with Crippen molar-refractivity contribution < 1.29 is 9.59 Å². The van der Waals surface area contributed by atoms with Crippen LogP contribution in [0.15, 0.2) is 0 Å². The Bertz CT molecular complexity index is 276. The second kappa shape index (κ2) is 4.18. The Morgan fingerprint density at radius 3 is 2.67 bits per heavy atom. The van der Waals surface area contributed by atoms with Crippen molar-refractivity contribution in [3.8, 4) is 0 Å². The average molecular weight is 213 g/mol. The number of amides is 2. The summed E-state index contributed by atoms with van der Waals surface area (Å²) in [7, 11) is 1.78. The molecule has 1 atom stereocenters. The first-order valence-electron chi connectivity index (χ1n) is 5.13. The number of hydrogen-bond acceptors (Lipinski definition) is 3. The summed E-state index contributed by atoms with van der Waals surface area (Å²) in [6, 6.07) is -0.177. The van der Waals surface area contributed by atoms with E-state index in [9.17, 15) is 9.59 Å². The van der Waals surface area contributed by atoms with Crippen LogP contribution in [-0.4, -0.2) is 41.9 Å². The number of carbonyl (C=O) groups excluding carboxylic acids is 2. The molecule has 3 N–H and O–H groups in total. The fraction of sp³-hybridized carbons (Fsp3) is 0.800. The third kappa shape index (κ3) is 3.20. The predicted octanol–water partition coefficient (Wildman–Crippen LogP) is -0.539. The lowest BCUT2D eigenvalue weighted by molar-refractivity contribution is -0.129. The number of rotatable bonds is 4. The third-order valence-corrected chi connectivity index (χ3v) is 2.61. The lowest BCUT2D eigenvalue weighted by Gasteiger charge is -2.28. The third-order valence-electron chi connectivity index (χ3n) is 2.61. The molecule has 15 heavy (non-hydrogen) atoms. The standard InChI is InChI=1S/C10H19N3O2/c1-10(2,6-8(11)14)12-7-4-5-13(3)9(7)15/h7,12H,4-6H2,1-3H3,(H2,11,14). The normalized spacial score (nSPS) is 22.2. The van der Waals surface area contributed by atoms with E-state index in [0.717, 1.165) is 13.0 Å². The van der Waals surface area contributed by atoms with Crippen molar-refractivity contribution in [3.05, 3.63) is 0 Å². The van der Waals surface area contributed by atoms with Gasteiger partial charge in [0.15, 0.2) is 0 Å². The number of hydrogen-bond donors (Lipinski definition) is 2. The molecule has 0 saturated carbocycles. The summed E-state index contributed by atoms with van der Waals surface area (Å²) in [4.78, 5) is 24.1. The van der Waals surface area contributed by atoms with Gasteiger partial charge in [0.1, 0.15) is 0 Å². The number of likely N-dealkylation sites (N-methyl/N-ethyl adjacent to an activating group) is 1. The van der Waals surface area contributed by atoms with E-state index in [-0.39, 0.29) is 24.3 Å². The first-order chi connectivity index (χ1) is 6.82. The van der Waals surface area contributed by atoms with E-state index in [1.54, 1.807) is 11.9 Å². The minimum absolute atomic E-state index is 0.0903. The fourth-order valence-corrected chi connectivity index (χ4v) is 1.91. The Kier molecular flexibility index (Phi) is 3.34. The molecule has 86 valence electrons. The van der Waals surface area contributed by atoms with Gasteiger partial charge in [0.05, 0.1) is 6.04 Å². The van der Waals surface area contributed by atoms with Crippen LogP contribution < -0.4 is 11.1 Å². The summed E-state index contributed by atoms with van der Waals surface area (Å²) in [5, 5.41) is 3.17. The molecule has 5 nitrogen and oxygen atoms in total. The highest BCUT2D eigenvalue weighted by atomic mass is 16.2. The van der Waals surface area contributed by atoms with Crippen LogP contribution in [0.4, 0.5) is 0 Å². The van der Waals surface area contributed by atoms with Crippen LogP contribution in [0.5, 0.6) is 0 Å². The van der Waals surface area contributed by atoms with Crippen LogP contribution in [-0.2, 0) is 9.59 Å². The molecule has 1 rings (SSSR count). The fourth-order valence-electron chi connectivity index (χ4n) is 1.91. The van der Waals surface area contributed by atoms with Crippen LogP contribution in [0.3, 0.4) is 0 Å². The van der Waals surface area contributed by atoms with Gasteiger partial charge in [-0.1, -0.05) is 0 Å². The van der Waals surface area contributed by atoms with E-state index in [4.69, 9.17) is 5.73 Å². The van der Waals surface area contributed by atoms with Gasteiger partial charge in [-0.2, -0.15) is 0 Å². The minimum atomic E-state index is -0.419. The second-order valence-electron chi connectivity index (χ2n) is 4.77. The number of primary amides is 1. The zero-order valence-electron chi connectivity index (χ0n) is 9.54. The molecule has 1 heterocycles. The Hall–Kier alpha value is -1.10. The highest BCUT2D eigenvalue weighted by molar-refractivity contribution is 5.84. The van der Waals surface area contributed by atoms with E-state index in [1.807, 2.05) is 13.8 Å². The molecule has 5 heteroatoms. The van der Waals surface area contributed by atoms with Crippen molar-refractivity contribution in [2.24, 2.45) is 5.73 Å². The van der Waals surface area contributed by atoms with Gasteiger partial charge in [-0.15, -0.1) is 0 Å². The summed E-state index contributed by atoms with van der Waals surface area (Å²) < 4.78 is 0. The molecular weight excluding hydrogens is 194 g/mol. The van der Waals surface area contributed by atoms with E-state index in [2.05, 4.69) is 5.32 Å². The smallest absolute Gasteiger partial charge is 0.239 e. The predicted molar refractivity (Wildman–Crippen MR) is 57.1 cm³/mol. The molecule has 1 fully saturated rings. The van der Waals surface area contributed by atoms with Crippen molar-refractivity contribution in [1.82, 2.24) is 10.2 Å². The molecule has 0 radical (unpaired) electrons. The Balaban J connectivity index is 2.54. The first kappa shape index (κ1) is 12.0. The number of nitrogens with one attached hydrogen (secondary N) is 1. The monoisotopic (exact) mass is 213 g/mol. The van der Waals surface area contributed by atoms with Gasteiger partial charge in [0.2, 0.25) is 11.8 Å². The molecule has 0 aliphatic carbocycles. The number of likely N-dealkylation sites (tertiary alicyclic amines) is 1. The SMILES string of the molecule is CN1CCC(NC(C)(C)CC(N)=O)C1=O. The summed E-state index contributed by atoms with van der Waals surface area (Å²) in [6.45, 7) is 4.52. The van der Waals surface area contributed by atoms with E-state index >= 15 is 0 Å². The quantitative estimate of drug-likeness (QED) is 0.658. The molecule has 0 aromatic heterocycles. The van der Waals surface area contributed by atoms with E-state index < -0.39 is 5.54 Å². The van der Waals surface area contributed by atoms with Gasteiger partial charge in [-0.25, -0.2) is 0 Å². The zero-order valence-corrected chi connectivity index (χ0v) is 9.54. The van der Waals surface area contributed by atoms with Gasteiger partial charge in [-0.3, -0.25) is 9.59 Å². The second-order valence-corrected chi connectivity index (χ2v) is 4.77. The van der Waals surface area contributed by atoms with E-state index in [0.29, 0.717) is 0 Å². The summed E-state index contributed by atoms with van der Waals surface area (Å²) in [5.41, 5.74) is 4.72. The number of nitrogens with zero attached hydrogens (tertiary/aromatic N) is 1. The van der Waals surface area contributed by atoms with Crippen molar-refractivity contribution in [2.45, 2.75) is 38.3 Å². The summed E-state index contributed by atoms with van der Waals surface area (Å²) in [6.07, 6.45) is 1.03. The molecule has 0 spiro atoms. The molecule has 1 saturated heterocycles. The largest absolute Gasteiger partial charge is 0.370 e. The minimum Gasteiger partial charge on any atom is -0.370 e. The molecule has 0 bridgehead atoms. The first-order valence-corrected chi connectivity index (χ1v) is 5.13. The number of carbonyl (C=O) groups is 2. The van der Waals surface area contributed by atoms with Gasteiger partial charge in [-0.05, 0) is 20.3 Å². The maximum atomic E-state index is 11.6. The van der Waals surface area contributed by atoms with Crippen molar-refractivity contribution in [2.75, 3.05) is 13.6 Å². The van der Waals surface area contributed by atoms with Crippen LogP contribution in [0.2, 0.25) is 0 Å². The maximum absolute atomic E-state index is 11.6. The molecule has 0 aromatic rings. The Morgan fingerprint density at radius 1 is 1.67 bits per heavy atom. The van der Waals surface area contributed by atoms with Crippen LogP contribution in [0.1, 0.15) is 26.7 Å². The van der Waals surface area contributed by atoms with Gasteiger partial charge in [0.25, 0.3) is 0 Å². The molecule has 0 aromatic carbocycles. The van der Waals surface area contributed by atoms with E-state index in [1.165, 1.54) is 0 Å². The molecule has 1 unspecified atom stereocenters. The Morgan fingerprint density at radius 2 is 2.27 bits per heavy atom.